The van der Waals surface area contributed by atoms with Crippen LogP contribution in [0.25, 0.3) is 5.57 Å². The van der Waals surface area contributed by atoms with Gasteiger partial charge in [0.25, 0.3) is 0 Å². The van der Waals surface area contributed by atoms with Crippen molar-refractivity contribution in [1.29, 1.82) is 0 Å². The minimum Gasteiger partial charge on any atom is -0.427 e. The van der Waals surface area contributed by atoms with E-state index in [9.17, 15) is 24.3 Å². The van der Waals surface area contributed by atoms with Crippen molar-refractivity contribution in [2.24, 2.45) is 11.3 Å². The number of likely N-dealkylation sites (N-methyl/N-ethyl adjacent to an activating group) is 1. The number of rotatable bonds is 7. The summed E-state index contributed by atoms with van der Waals surface area (Å²) in [5.74, 6) is -2.43. The SMILES string of the molecule is CNC(=O)Cc1cccc(C2=C(C(=O)OCOC(=O)C(C)(C)C)N3C(=O)[C@H]([C@@H](C)O)[C@H]3C2)c1. The number of nitrogens with one attached hydrogen (secondary N) is 1. The van der Waals surface area contributed by atoms with Crippen LogP contribution in [-0.2, 0) is 35.1 Å². The summed E-state index contributed by atoms with van der Waals surface area (Å²) in [5, 5.41) is 12.6. The average Bonchev–Trinajstić information content (AvgIpc) is 3.07. The third-order valence-corrected chi connectivity index (χ3v) is 5.83. The Morgan fingerprint density at radius 1 is 1.24 bits per heavy atom. The molecular formula is C24H30N2O7. The number of aliphatic hydroxyl groups is 1. The molecule has 0 aliphatic carbocycles. The Balaban J connectivity index is 1.88. The van der Waals surface area contributed by atoms with Crippen molar-refractivity contribution in [2.75, 3.05) is 13.8 Å². The summed E-state index contributed by atoms with van der Waals surface area (Å²) in [6, 6.07) is 6.80. The lowest BCUT2D eigenvalue weighted by Gasteiger charge is -2.44. The van der Waals surface area contributed by atoms with E-state index in [4.69, 9.17) is 9.47 Å². The fourth-order valence-corrected chi connectivity index (χ4v) is 4.08. The van der Waals surface area contributed by atoms with Crippen LogP contribution in [0.4, 0.5) is 0 Å². The van der Waals surface area contributed by atoms with Crippen LogP contribution in [0.2, 0.25) is 0 Å². The summed E-state index contributed by atoms with van der Waals surface area (Å²) < 4.78 is 10.2. The molecule has 9 nitrogen and oxygen atoms in total. The summed E-state index contributed by atoms with van der Waals surface area (Å²) in [6.45, 7) is 6.01. The number of amides is 2. The van der Waals surface area contributed by atoms with E-state index in [1.54, 1.807) is 59.0 Å². The highest BCUT2D eigenvalue weighted by atomic mass is 16.7. The van der Waals surface area contributed by atoms with Gasteiger partial charge in [0, 0.05) is 7.05 Å². The van der Waals surface area contributed by atoms with E-state index in [2.05, 4.69) is 5.32 Å². The van der Waals surface area contributed by atoms with Gasteiger partial charge in [0.1, 0.15) is 5.70 Å². The molecule has 0 saturated carbocycles. The second kappa shape index (κ2) is 9.35. The van der Waals surface area contributed by atoms with Crippen LogP contribution in [-0.4, -0.2) is 59.7 Å². The first-order valence-corrected chi connectivity index (χ1v) is 10.8. The van der Waals surface area contributed by atoms with Gasteiger partial charge in [-0.2, -0.15) is 0 Å². The molecule has 2 aliphatic rings. The summed E-state index contributed by atoms with van der Waals surface area (Å²) in [5.41, 5.74) is 1.34. The highest BCUT2D eigenvalue weighted by Crippen LogP contribution is 2.47. The number of carbonyl (C=O) groups excluding carboxylic acids is 4. The number of hydrogen-bond acceptors (Lipinski definition) is 7. The second-order valence-corrected chi connectivity index (χ2v) is 9.36. The number of fused-ring (bicyclic) bond motifs is 1. The summed E-state index contributed by atoms with van der Waals surface area (Å²) >= 11 is 0. The molecule has 1 fully saturated rings. The zero-order valence-corrected chi connectivity index (χ0v) is 19.5. The van der Waals surface area contributed by atoms with Crippen molar-refractivity contribution in [3.63, 3.8) is 0 Å². The minimum atomic E-state index is -0.859. The predicted molar refractivity (Wildman–Crippen MR) is 118 cm³/mol. The maximum absolute atomic E-state index is 13.0. The summed E-state index contributed by atoms with van der Waals surface area (Å²) in [4.78, 5) is 50.8. The lowest BCUT2D eigenvalue weighted by Crippen LogP contribution is -2.61. The Labute approximate surface area is 192 Å². The largest absolute Gasteiger partial charge is 0.427 e. The molecule has 3 atom stereocenters. The van der Waals surface area contributed by atoms with Crippen LogP contribution in [0.1, 0.15) is 45.2 Å². The first kappa shape index (κ1) is 24.4. The quantitative estimate of drug-likeness (QED) is 0.360. The fraction of sp³-hybridized carbons (Fsp3) is 0.500. The highest BCUT2D eigenvalue weighted by molar-refractivity contribution is 6.06. The van der Waals surface area contributed by atoms with Crippen LogP contribution < -0.4 is 5.32 Å². The van der Waals surface area contributed by atoms with Gasteiger partial charge in [-0.3, -0.25) is 14.4 Å². The Morgan fingerprint density at radius 2 is 1.94 bits per heavy atom. The van der Waals surface area contributed by atoms with E-state index in [-0.39, 0.29) is 30.0 Å². The van der Waals surface area contributed by atoms with Crippen molar-refractivity contribution >= 4 is 29.3 Å². The van der Waals surface area contributed by atoms with Gasteiger partial charge in [-0.1, -0.05) is 24.3 Å². The van der Waals surface area contributed by atoms with Gasteiger partial charge >= 0.3 is 11.9 Å². The molecular weight excluding hydrogens is 428 g/mol. The molecule has 1 saturated heterocycles. The van der Waals surface area contributed by atoms with Crippen LogP contribution in [0.15, 0.2) is 30.0 Å². The number of aliphatic hydroxyl groups excluding tert-OH is 1. The van der Waals surface area contributed by atoms with Gasteiger partial charge in [0.2, 0.25) is 18.6 Å². The fourth-order valence-electron chi connectivity index (χ4n) is 4.08. The third-order valence-electron chi connectivity index (χ3n) is 5.83. The third kappa shape index (κ3) is 4.93. The number of benzene rings is 1. The van der Waals surface area contributed by atoms with Crippen molar-refractivity contribution in [1.82, 2.24) is 10.2 Å². The maximum atomic E-state index is 13.0. The van der Waals surface area contributed by atoms with E-state index >= 15 is 0 Å². The number of esters is 2. The van der Waals surface area contributed by atoms with Crippen LogP contribution in [0.5, 0.6) is 0 Å². The van der Waals surface area contributed by atoms with E-state index in [1.165, 1.54) is 4.90 Å². The van der Waals surface area contributed by atoms with Crippen molar-refractivity contribution < 1.29 is 33.8 Å². The van der Waals surface area contributed by atoms with Crippen LogP contribution in [0.3, 0.4) is 0 Å². The maximum Gasteiger partial charge on any atom is 0.358 e. The van der Waals surface area contributed by atoms with Gasteiger partial charge in [0.15, 0.2) is 0 Å². The molecule has 33 heavy (non-hydrogen) atoms. The lowest BCUT2D eigenvalue weighted by atomic mass is 9.82. The molecule has 2 N–H and O–H groups in total. The van der Waals surface area contributed by atoms with Crippen molar-refractivity contribution in [2.45, 2.75) is 52.7 Å². The van der Waals surface area contributed by atoms with Crippen molar-refractivity contribution in [3.8, 4) is 0 Å². The van der Waals surface area contributed by atoms with Gasteiger partial charge in [-0.05, 0) is 50.8 Å². The molecule has 0 bridgehead atoms. The van der Waals surface area contributed by atoms with E-state index in [1.807, 2.05) is 0 Å². The first-order valence-electron chi connectivity index (χ1n) is 10.8. The standard InChI is InChI=1S/C24H30N2O7/c1-13(27)19-17-11-16(15-8-6-7-14(9-15)10-18(28)25-5)20(26(17)21(19)29)22(30)32-12-33-23(31)24(2,3)4/h6-9,13,17,19,27H,10-12H2,1-5H3,(H,25,28)/t13-,17-,19-/m1/s1. The number of hydrogen-bond donors (Lipinski definition) is 2. The molecule has 0 aromatic heterocycles. The van der Waals surface area contributed by atoms with Crippen LogP contribution in [0, 0.1) is 11.3 Å². The average molecular weight is 459 g/mol. The Kier molecular flexibility index (Phi) is 6.92. The molecule has 1 aromatic rings. The minimum absolute atomic E-state index is 0.0748. The smallest absolute Gasteiger partial charge is 0.358 e. The topological polar surface area (TPSA) is 122 Å². The number of β-lactam (4-membered cyclic amide) rings is 1. The highest BCUT2D eigenvalue weighted by Gasteiger charge is 2.57. The molecule has 9 heteroatoms. The predicted octanol–water partition coefficient (Wildman–Crippen LogP) is 1.39. The molecule has 3 rings (SSSR count). The molecule has 0 unspecified atom stereocenters. The molecule has 0 radical (unpaired) electrons. The van der Waals surface area contributed by atoms with Crippen LogP contribution >= 0.6 is 0 Å². The van der Waals surface area contributed by atoms with E-state index in [0.717, 1.165) is 5.56 Å². The Hall–Kier alpha value is -3.20. The first-order chi connectivity index (χ1) is 15.5. The Bertz CT molecular complexity index is 1010. The van der Waals surface area contributed by atoms with E-state index < -0.39 is 36.2 Å². The number of carbonyl (C=O) groups is 4. The van der Waals surface area contributed by atoms with Gasteiger partial charge in [0.05, 0.1) is 29.9 Å². The lowest BCUT2D eigenvalue weighted by molar-refractivity contribution is -0.175. The molecule has 178 valence electrons. The van der Waals surface area contributed by atoms with E-state index in [0.29, 0.717) is 17.6 Å². The second-order valence-electron chi connectivity index (χ2n) is 9.36. The summed E-state index contributed by atoms with van der Waals surface area (Å²) in [6.07, 6.45) is -0.331. The number of nitrogens with zero attached hydrogens (tertiary/aromatic N) is 1. The molecule has 0 spiro atoms. The zero-order chi connectivity index (χ0) is 24.5. The monoisotopic (exact) mass is 458 g/mol. The van der Waals surface area contributed by atoms with Gasteiger partial charge in [-0.25, -0.2) is 4.79 Å². The Morgan fingerprint density at radius 3 is 2.55 bits per heavy atom. The normalized spacial score (nSPS) is 20.7. The summed E-state index contributed by atoms with van der Waals surface area (Å²) in [7, 11) is 1.55. The van der Waals surface area contributed by atoms with Gasteiger partial charge < -0.3 is 24.8 Å². The molecule has 2 amide bonds. The van der Waals surface area contributed by atoms with Gasteiger partial charge in [-0.15, -0.1) is 0 Å². The molecule has 2 aliphatic heterocycles. The van der Waals surface area contributed by atoms with Crippen molar-refractivity contribution in [3.05, 3.63) is 41.1 Å². The molecule has 2 heterocycles. The number of ether oxygens (including phenoxy) is 2. The zero-order valence-electron chi connectivity index (χ0n) is 19.5. The molecule has 1 aromatic carbocycles.